The van der Waals surface area contributed by atoms with E-state index in [-0.39, 0.29) is 5.95 Å². The molecule has 1 fully saturated rings. The van der Waals surface area contributed by atoms with Gasteiger partial charge in [0.25, 0.3) is 0 Å². The fourth-order valence-corrected chi connectivity index (χ4v) is 2.66. The Morgan fingerprint density at radius 2 is 1.63 bits per heavy atom. The summed E-state index contributed by atoms with van der Waals surface area (Å²) in [7, 11) is 2.12. The Hall–Kier alpha value is -3.97. The maximum atomic E-state index is 9.55. The first-order chi connectivity index (χ1) is 14.3. The third-order valence-corrected chi connectivity index (χ3v) is 4.24. The molecular formula is C20H22N6O4. The summed E-state index contributed by atoms with van der Waals surface area (Å²) in [6, 6.07) is 11.4. The van der Waals surface area contributed by atoms with Crippen LogP contribution < -0.4 is 10.6 Å². The molecule has 3 rings (SSSR count). The maximum absolute atomic E-state index is 9.55. The molecule has 10 heteroatoms. The van der Waals surface area contributed by atoms with E-state index < -0.39 is 11.9 Å². The standard InChI is InChI=1S/C16H18N6.C4H4O4/c1-21-6-8-22(9-7-21)15-10-14(19-16(18)20-15)13-4-2-12(11-17)3-5-13;5-3(6)1-2-4(7)8/h2-5,10H,6-9H2,1H3,(H2,18,19,20);1-2H,(H,5,6)(H,7,8). The highest BCUT2D eigenvalue weighted by Crippen LogP contribution is 2.23. The Labute approximate surface area is 173 Å². The molecule has 4 N–H and O–H groups in total. The van der Waals surface area contributed by atoms with Crippen molar-refractivity contribution in [1.29, 1.82) is 5.26 Å². The van der Waals surface area contributed by atoms with Crippen LogP contribution in [0.15, 0.2) is 42.5 Å². The average Bonchev–Trinajstić information content (AvgIpc) is 2.73. The Kier molecular flexibility index (Phi) is 7.84. The van der Waals surface area contributed by atoms with Crippen LogP contribution in [0.4, 0.5) is 11.8 Å². The van der Waals surface area contributed by atoms with Crippen LogP contribution in [0.1, 0.15) is 5.56 Å². The molecule has 1 aliphatic rings. The number of aliphatic carboxylic acids is 2. The number of nitrogens with zero attached hydrogens (tertiary/aromatic N) is 5. The van der Waals surface area contributed by atoms with Gasteiger partial charge in [-0.1, -0.05) is 12.1 Å². The van der Waals surface area contributed by atoms with Gasteiger partial charge in [0, 0.05) is 50.0 Å². The zero-order chi connectivity index (χ0) is 22.1. The second-order valence-corrected chi connectivity index (χ2v) is 6.46. The number of nitrogens with two attached hydrogens (primary N) is 1. The summed E-state index contributed by atoms with van der Waals surface area (Å²) in [4.78, 5) is 32.3. The van der Waals surface area contributed by atoms with Crippen LogP contribution in [0.25, 0.3) is 11.3 Å². The number of nitrogen functional groups attached to an aromatic ring is 1. The van der Waals surface area contributed by atoms with Crippen molar-refractivity contribution in [3.05, 3.63) is 48.0 Å². The molecule has 1 aromatic heterocycles. The monoisotopic (exact) mass is 410 g/mol. The fourth-order valence-electron chi connectivity index (χ4n) is 2.66. The molecule has 0 spiro atoms. The summed E-state index contributed by atoms with van der Waals surface area (Å²) < 4.78 is 0. The summed E-state index contributed by atoms with van der Waals surface area (Å²) in [5.74, 6) is -1.38. The highest BCUT2D eigenvalue weighted by molar-refractivity contribution is 5.89. The molecule has 2 heterocycles. The SMILES string of the molecule is CN1CCN(c2cc(-c3ccc(C#N)cc3)nc(N)n2)CC1.O=C(O)C=CC(=O)O. The number of carbonyl (C=O) groups is 2. The van der Waals surface area contributed by atoms with E-state index in [2.05, 4.69) is 32.9 Å². The molecule has 0 saturated carbocycles. The van der Waals surface area contributed by atoms with Crippen molar-refractivity contribution in [1.82, 2.24) is 14.9 Å². The van der Waals surface area contributed by atoms with E-state index >= 15 is 0 Å². The molecule has 0 amide bonds. The Morgan fingerprint density at radius 1 is 1.07 bits per heavy atom. The van der Waals surface area contributed by atoms with E-state index in [1.165, 1.54) is 0 Å². The average molecular weight is 410 g/mol. The summed E-state index contributed by atoms with van der Waals surface area (Å²) in [5, 5.41) is 24.5. The second kappa shape index (κ2) is 10.5. The van der Waals surface area contributed by atoms with Gasteiger partial charge < -0.3 is 25.7 Å². The molecule has 156 valence electrons. The number of piperazine rings is 1. The minimum absolute atomic E-state index is 0.274. The van der Waals surface area contributed by atoms with Gasteiger partial charge in [-0.25, -0.2) is 14.6 Å². The van der Waals surface area contributed by atoms with Crippen molar-refractivity contribution in [2.45, 2.75) is 0 Å². The van der Waals surface area contributed by atoms with Crippen molar-refractivity contribution in [2.24, 2.45) is 0 Å². The predicted octanol–water partition coefficient (Wildman–Crippen LogP) is 1.06. The number of carboxylic acids is 2. The van der Waals surface area contributed by atoms with Gasteiger partial charge in [0.15, 0.2) is 0 Å². The number of aromatic nitrogens is 2. The lowest BCUT2D eigenvalue weighted by Gasteiger charge is -2.33. The molecule has 0 atom stereocenters. The van der Waals surface area contributed by atoms with Gasteiger partial charge in [0.2, 0.25) is 5.95 Å². The lowest BCUT2D eigenvalue weighted by Crippen LogP contribution is -2.44. The number of carboxylic acid groups (broad SMARTS) is 2. The first-order valence-corrected chi connectivity index (χ1v) is 9.01. The van der Waals surface area contributed by atoms with Gasteiger partial charge in [-0.15, -0.1) is 0 Å². The zero-order valence-corrected chi connectivity index (χ0v) is 16.4. The molecule has 0 unspecified atom stereocenters. The highest BCUT2D eigenvalue weighted by atomic mass is 16.4. The third-order valence-electron chi connectivity index (χ3n) is 4.24. The Balaban J connectivity index is 0.000000343. The van der Waals surface area contributed by atoms with Crippen LogP contribution in [-0.4, -0.2) is 70.2 Å². The van der Waals surface area contributed by atoms with E-state index in [9.17, 15) is 9.59 Å². The van der Waals surface area contributed by atoms with Crippen LogP contribution in [-0.2, 0) is 9.59 Å². The van der Waals surface area contributed by atoms with Crippen LogP contribution in [0, 0.1) is 11.3 Å². The molecule has 1 aliphatic heterocycles. The van der Waals surface area contributed by atoms with Crippen LogP contribution >= 0.6 is 0 Å². The van der Waals surface area contributed by atoms with Crippen molar-refractivity contribution in [3.63, 3.8) is 0 Å². The first kappa shape index (κ1) is 22.3. The molecule has 1 saturated heterocycles. The van der Waals surface area contributed by atoms with E-state index in [0.29, 0.717) is 17.7 Å². The molecule has 1 aromatic carbocycles. The second-order valence-electron chi connectivity index (χ2n) is 6.46. The molecule has 0 aliphatic carbocycles. The lowest BCUT2D eigenvalue weighted by atomic mass is 10.1. The van der Waals surface area contributed by atoms with Gasteiger partial charge in [-0.05, 0) is 19.2 Å². The van der Waals surface area contributed by atoms with Crippen LogP contribution in [0.5, 0.6) is 0 Å². The van der Waals surface area contributed by atoms with E-state index in [4.69, 9.17) is 21.2 Å². The number of hydrogen-bond acceptors (Lipinski definition) is 8. The summed E-state index contributed by atoms with van der Waals surface area (Å²) >= 11 is 0. The molecule has 10 nitrogen and oxygen atoms in total. The minimum atomic E-state index is -1.26. The Morgan fingerprint density at radius 3 is 2.13 bits per heavy atom. The van der Waals surface area contributed by atoms with Crippen molar-refractivity contribution in [2.75, 3.05) is 43.9 Å². The van der Waals surface area contributed by atoms with Gasteiger partial charge in [-0.2, -0.15) is 10.2 Å². The third kappa shape index (κ3) is 6.88. The highest BCUT2D eigenvalue weighted by Gasteiger charge is 2.17. The van der Waals surface area contributed by atoms with Gasteiger partial charge >= 0.3 is 11.9 Å². The topological polar surface area (TPSA) is 157 Å². The quantitative estimate of drug-likeness (QED) is 0.623. The van der Waals surface area contributed by atoms with Crippen molar-refractivity contribution >= 4 is 23.7 Å². The first-order valence-electron chi connectivity index (χ1n) is 9.01. The predicted molar refractivity (Wildman–Crippen MR) is 111 cm³/mol. The number of hydrogen-bond donors (Lipinski definition) is 3. The molecular weight excluding hydrogens is 388 g/mol. The van der Waals surface area contributed by atoms with Gasteiger partial charge in [0.1, 0.15) is 5.82 Å². The van der Waals surface area contributed by atoms with E-state index in [1.54, 1.807) is 12.1 Å². The number of nitriles is 1. The fraction of sp³-hybridized carbons (Fsp3) is 0.250. The van der Waals surface area contributed by atoms with Crippen LogP contribution in [0.3, 0.4) is 0 Å². The van der Waals surface area contributed by atoms with E-state index in [1.807, 2.05) is 18.2 Å². The molecule has 2 aromatic rings. The summed E-state index contributed by atoms with van der Waals surface area (Å²) in [5.41, 5.74) is 8.22. The van der Waals surface area contributed by atoms with Crippen molar-refractivity contribution < 1.29 is 19.8 Å². The molecule has 0 bridgehead atoms. The molecule has 30 heavy (non-hydrogen) atoms. The number of anilines is 2. The largest absolute Gasteiger partial charge is 0.478 e. The number of benzene rings is 1. The number of likely N-dealkylation sites (N-methyl/N-ethyl adjacent to an activating group) is 1. The van der Waals surface area contributed by atoms with E-state index in [0.717, 1.165) is 43.3 Å². The van der Waals surface area contributed by atoms with Gasteiger partial charge in [0.05, 0.1) is 17.3 Å². The molecule has 0 radical (unpaired) electrons. The normalized spacial score (nSPS) is 13.9. The van der Waals surface area contributed by atoms with Crippen LogP contribution in [0.2, 0.25) is 0 Å². The maximum Gasteiger partial charge on any atom is 0.328 e. The van der Waals surface area contributed by atoms with Crippen molar-refractivity contribution in [3.8, 4) is 17.3 Å². The zero-order valence-electron chi connectivity index (χ0n) is 16.4. The Bertz CT molecular complexity index is 944. The summed E-state index contributed by atoms with van der Waals surface area (Å²) in [6.07, 6.45) is 1.12. The smallest absolute Gasteiger partial charge is 0.328 e. The minimum Gasteiger partial charge on any atom is -0.478 e. The summed E-state index contributed by atoms with van der Waals surface area (Å²) in [6.45, 7) is 3.88. The lowest BCUT2D eigenvalue weighted by molar-refractivity contribution is -0.134. The van der Waals surface area contributed by atoms with Gasteiger partial charge in [-0.3, -0.25) is 0 Å². The number of rotatable bonds is 4.